The van der Waals surface area contributed by atoms with Gasteiger partial charge >= 0.3 is 5.97 Å². The van der Waals surface area contributed by atoms with Crippen LogP contribution in [-0.2, 0) is 26.1 Å². The number of piperidine rings is 1. The lowest BCUT2D eigenvalue weighted by Crippen LogP contribution is -2.56. The number of sulfonamides is 1. The third kappa shape index (κ3) is 6.21. The van der Waals surface area contributed by atoms with Crippen LogP contribution in [0.2, 0.25) is 0 Å². The molecule has 0 aromatic heterocycles. The van der Waals surface area contributed by atoms with E-state index in [0.717, 1.165) is 4.31 Å². The normalized spacial score (nSPS) is 25.1. The highest BCUT2D eigenvalue weighted by atomic mass is 32.2. The van der Waals surface area contributed by atoms with Gasteiger partial charge in [-0.2, -0.15) is 0 Å². The van der Waals surface area contributed by atoms with Crippen LogP contribution in [0.15, 0.2) is 84.9 Å². The number of nitrogens with zero attached hydrogens (tertiary/aromatic N) is 2. The van der Waals surface area contributed by atoms with E-state index in [2.05, 4.69) is 0 Å². The van der Waals surface area contributed by atoms with Crippen molar-refractivity contribution in [1.82, 2.24) is 9.21 Å². The molecule has 8 heteroatoms. The summed E-state index contributed by atoms with van der Waals surface area (Å²) in [4.78, 5) is 13.9. The lowest BCUT2D eigenvalue weighted by molar-refractivity contribution is -0.0880. The van der Waals surface area contributed by atoms with E-state index >= 15 is 0 Å². The summed E-state index contributed by atoms with van der Waals surface area (Å²) in [6, 6.07) is 22.0. The minimum absolute atomic E-state index is 0.117. The predicted molar refractivity (Wildman–Crippen MR) is 144 cm³/mol. The standard InChI is InChI=1S/C29H34N2O5S/c1-30(2)20-26-21-31(37(33,34)22-23-11-6-4-7-12-23)18-17-29(26,25-15-10-16-27(19-25)35-3)36-28(32)24-13-8-5-9-14-24/h4-16,19,26H,17-18,20-22H2,1-3H3/i1D3,2D3,3D3. The van der Waals surface area contributed by atoms with Gasteiger partial charge in [0.25, 0.3) is 0 Å². The predicted octanol–water partition coefficient (Wildman–Crippen LogP) is 4.16. The van der Waals surface area contributed by atoms with E-state index in [1.807, 2.05) is 0 Å². The van der Waals surface area contributed by atoms with E-state index in [1.54, 1.807) is 48.5 Å². The molecule has 7 nitrogen and oxygen atoms in total. The summed E-state index contributed by atoms with van der Waals surface area (Å²) < 4.78 is 110. The maximum absolute atomic E-state index is 13.7. The highest BCUT2D eigenvalue weighted by Crippen LogP contribution is 2.44. The van der Waals surface area contributed by atoms with Crippen LogP contribution < -0.4 is 4.74 Å². The molecule has 0 bridgehead atoms. The molecule has 0 aliphatic carbocycles. The first-order valence-electron chi connectivity index (χ1n) is 16.2. The molecule has 2 atom stereocenters. The molecule has 1 aliphatic rings. The molecule has 37 heavy (non-hydrogen) atoms. The van der Waals surface area contributed by atoms with Crippen LogP contribution in [0, 0.1) is 5.92 Å². The van der Waals surface area contributed by atoms with Gasteiger partial charge < -0.3 is 14.4 Å². The summed E-state index contributed by atoms with van der Waals surface area (Å²) in [6.45, 7) is -7.61. The molecule has 4 rings (SSSR count). The van der Waals surface area contributed by atoms with Gasteiger partial charge in [-0.15, -0.1) is 0 Å². The fraction of sp³-hybridized carbons (Fsp3) is 0.345. The third-order valence-corrected chi connectivity index (χ3v) is 8.35. The number of ether oxygens (including phenoxy) is 2. The number of rotatable bonds is 9. The first-order chi connectivity index (χ1) is 21.3. The highest BCUT2D eigenvalue weighted by molar-refractivity contribution is 7.88. The molecular formula is C29H34N2O5S. The first-order valence-corrected chi connectivity index (χ1v) is 13.3. The number of hydrogen-bond acceptors (Lipinski definition) is 6. The highest BCUT2D eigenvalue weighted by Gasteiger charge is 2.50. The van der Waals surface area contributed by atoms with Gasteiger partial charge in [0.2, 0.25) is 10.0 Å². The zero-order chi connectivity index (χ0) is 34.0. The quantitative estimate of drug-likeness (QED) is 0.386. The van der Waals surface area contributed by atoms with Gasteiger partial charge in [-0.1, -0.05) is 60.7 Å². The number of carbonyl (C=O) groups is 1. The van der Waals surface area contributed by atoms with E-state index in [4.69, 9.17) is 21.8 Å². The molecule has 1 heterocycles. The Morgan fingerprint density at radius 3 is 2.49 bits per heavy atom. The van der Waals surface area contributed by atoms with E-state index in [9.17, 15) is 13.2 Å². The molecule has 1 saturated heterocycles. The molecular weight excluding hydrogens is 488 g/mol. The molecule has 0 radical (unpaired) electrons. The van der Waals surface area contributed by atoms with Crippen molar-refractivity contribution < 1.29 is 35.0 Å². The van der Waals surface area contributed by atoms with E-state index in [0.29, 0.717) is 10.5 Å². The fourth-order valence-electron chi connectivity index (χ4n) is 4.73. The Morgan fingerprint density at radius 1 is 1.05 bits per heavy atom. The zero-order valence-electron chi connectivity index (χ0n) is 29.0. The Bertz CT molecular complexity index is 1590. The first kappa shape index (κ1) is 17.3. The van der Waals surface area contributed by atoms with Crippen molar-refractivity contribution >= 4 is 16.0 Å². The summed E-state index contributed by atoms with van der Waals surface area (Å²) in [7, 11) is -6.86. The van der Waals surface area contributed by atoms with Crippen molar-refractivity contribution in [1.29, 1.82) is 0 Å². The second kappa shape index (κ2) is 11.5. The average molecular weight is 532 g/mol. The van der Waals surface area contributed by atoms with Gasteiger partial charge in [-0.3, -0.25) is 0 Å². The van der Waals surface area contributed by atoms with Crippen LogP contribution in [0.1, 0.15) is 40.2 Å². The molecule has 0 amide bonds. The number of benzene rings is 3. The van der Waals surface area contributed by atoms with Crippen LogP contribution in [0.3, 0.4) is 0 Å². The van der Waals surface area contributed by atoms with Gasteiger partial charge in [0.05, 0.1) is 22.5 Å². The largest absolute Gasteiger partial charge is 0.497 e. The van der Waals surface area contributed by atoms with Crippen molar-refractivity contribution in [2.24, 2.45) is 5.92 Å². The maximum atomic E-state index is 13.7. The van der Waals surface area contributed by atoms with Gasteiger partial charge in [-0.25, -0.2) is 17.5 Å². The van der Waals surface area contributed by atoms with Gasteiger partial charge in [-0.05, 0) is 49.3 Å². The topological polar surface area (TPSA) is 76.1 Å². The molecule has 0 saturated carbocycles. The summed E-state index contributed by atoms with van der Waals surface area (Å²) in [5.41, 5.74) is -0.987. The van der Waals surface area contributed by atoms with E-state index in [1.165, 1.54) is 36.4 Å². The average Bonchev–Trinajstić information content (AvgIpc) is 2.95. The lowest BCUT2D eigenvalue weighted by atomic mass is 9.75. The summed E-state index contributed by atoms with van der Waals surface area (Å²) in [6.07, 6.45) is -0.211. The molecule has 1 fully saturated rings. The SMILES string of the molecule is [2H]C([2H])([2H])Oc1cccc(C2(OC(=O)c3ccccc3)CCN(S(=O)(=O)Cc3ccccc3)CC2CN(C([2H])([2H])[2H])C([2H])([2H])[2H])c1. The second-order valence-electron chi connectivity index (χ2n) is 8.93. The molecule has 3 aromatic rings. The summed E-state index contributed by atoms with van der Waals surface area (Å²) in [5, 5.41) is 0. The monoisotopic (exact) mass is 531 g/mol. The van der Waals surface area contributed by atoms with Crippen LogP contribution in [0.25, 0.3) is 0 Å². The molecule has 1 aliphatic heterocycles. The van der Waals surface area contributed by atoms with Crippen molar-refractivity contribution in [2.75, 3.05) is 40.6 Å². The van der Waals surface area contributed by atoms with Crippen LogP contribution >= 0.6 is 0 Å². The Kier molecular flexibility index (Phi) is 5.37. The van der Waals surface area contributed by atoms with Crippen LogP contribution in [-0.4, -0.2) is 64.2 Å². The number of carbonyl (C=O) groups excluding carboxylic acids is 1. The Morgan fingerprint density at radius 2 is 1.78 bits per heavy atom. The number of hydrogen-bond donors (Lipinski definition) is 0. The van der Waals surface area contributed by atoms with Crippen molar-refractivity contribution in [3.63, 3.8) is 0 Å². The van der Waals surface area contributed by atoms with E-state index < -0.39 is 61.6 Å². The fourth-order valence-corrected chi connectivity index (χ4v) is 6.30. The molecule has 0 N–H and O–H groups in total. The van der Waals surface area contributed by atoms with Crippen molar-refractivity contribution in [2.45, 2.75) is 17.8 Å². The molecule has 196 valence electrons. The zero-order valence-corrected chi connectivity index (χ0v) is 20.9. The Hall–Kier alpha value is -3.20. The lowest BCUT2D eigenvalue weighted by Gasteiger charge is -2.47. The van der Waals surface area contributed by atoms with Crippen LogP contribution in [0.4, 0.5) is 0 Å². The third-order valence-electron chi connectivity index (χ3n) is 6.53. The number of methoxy groups -OCH3 is 1. The second-order valence-corrected chi connectivity index (χ2v) is 10.9. The maximum Gasteiger partial charge on any atom is 0.339 e. The molecule has 2 unspecified atom stereocenters. The van der Waals surface area contributed by atoms with E-state index in [-0.39, 0.29) is 35.6 Å². The Balaban J connectivity index is 1.87. The van der Waals surface area contributed by atoms with Gasteiger partial charge in [0, 0.05) is 40.2 Å². The summed E-state index contributed by atoms with van der Waals surface area (Å²) in [5.74, 6) is -2.58. The van der Waals surface area contributed by atoms with Crippen molar-refractivity contribution in [3.05, 3.63) is 102 Å². The van der Waals surface area contributed by atoms with Crippen LogP contribution in [0.5, 0.6) is 5.75 Å². The smallest absolute Gasteiger partial charge is 0.339 e. The minimum atomic E-state index is -4.03. The Labute approximate surface area is 232 Å². The number of esters is 1. The minimum Gasteiger partial charge on any atom is -0.497 e. The van der Waals surface area contributed by atoms with Crippen molar-refractivity contribution in [3.8, 4) is 5.75 Å². The molecule has 0 spiro atoms. The van der Waals surface area contributed by atoms with Gasteiger partial charge in [0.1, 0.15) is 11.4 Å². The molecule has 3 aromatic carbocycles. The van der Waals surface area contributed by atoms with Gasteiger partial charge in [0.15, 0.2) is 0 Å². The summed E-state index contributed by atoms with van der Waals surface area (Å²) >= 11 is 0.